The van der Waals surface area contributed by atoms with Crippen molar-refractivity contribution in [3.8, 4) is 0 Å². The first-order chi connectivity index (χ1) is 11.7. The molecule has 0 aromatic heterocycles. The standard InChI is InChI=1S/C18H17NO5S/c1-19(2)25(23,24)16-10-8-14(9-11-16)17(20)12-5-13-3-6-15(7-4-13)18(21)22/h3-12H,1-2H3,(H,21,22)/p-1/b12-5+. The zero-order valence-corrected chi connectivity index (χ0v) is 14.5. The molecular weight excluding hydrogens is 342 g/mol. The Balaban J connectivity index is 2.14. The van der Waals surface area contributed by atoms with E-state index in [9.17, 15) is 23.1 Å². The van der Waals surface area contributed by atoms with E-state index in [-0.39, 0.29) is 16.2 Å². The van der Waals surface area contributed by atoms with Gasteiger partial charge in [-0.15, -0.1) is 0 Å². The molecule has 0 amide bonds. The highest BCUT2D eigenvalue weighted by atomic mass is 32.2. The highest BCUT2D eigenvalue weighted by Crippen LogP contribution is 2.15. The van der Waals surface area contributed by atoms with E-state index in [0.29, 0.717) is 11.1 Å². The second-order valence-electron chi connectivity index (χ2n) is 5.42. The molecule has 6 nitrogen and oxygen atoms in total. The Kier molecular flexibility index (Phi) is 5.51. The first kappa shape index (κ1) is 18.6. The van der Waals surface area contributed by atoms with Crippen LogP contribution in [0.5, 0.6) is 0 Å². The van der Waals surface area contributed by atoms with Crippen LogP contribution in [0.2, 0.25) is 0 Å². The minimum atomic E-state index is -3.53. The van der Waals surface area contributed by atoms with E-state index >= 15 is 0 Å². The molecular formula is C18H16NO5S-. The van der Waals surface area contributed by atoms with Crippen LogP contribution in [0, 0.1) is 0 Å². The average molecular weight is 358 g/mol. The predicted octanol–water partition coefficient (Wildman–Crippen LogP) is 1.20. The summed E-state index contributed by atoms with van der Waals surface area (Å²) in [6.45, 7) is 0. The monoisotopic (exact) mass is 358 g/mol. The molecule has 2 aromatic rings. The third kappa shape index (κ3) is 4.40. The summed E-state index contributed by atoms with van der Waals surface area (Å²) in [5.74, 6) is -1.56. The summed E-state index contributed by atoms with van der Waals surface area (Å²) in [5.41, 5.74) is 1.06. The highest BCUT2D eigenvalue weighted by Gasteiger charge is 2.17. The Bertz CT molecular complexity index is 911. The summed E-state index contributed by atoms with van der Waals surface area (Å²) < 4.78 is 25.1. The fourth-order valence-corrected chi connectivity index (χ4v) is 2.90. The molecule has 130 valence electrons. The summed E-state index contributed by atoms with van der Waals surface area (Å²) in [6.07, 6.45) is 2.88. The van der Waals surface area contributed by atoms with Crippen LogP contribution in [0.25, 0.3) is 6.08 Å². The SMILES string of the molecule is CN(C)S(=O)(=O)c1ccc(C(=O)/C=C/c2ccc(C(=O)[O-])cc2)cc1. The van der Waals surface area contributed by atoms with Crippen LogP contribution in [0.15, 0.2) is 59.5 Å². The van der Waals surface area contributed by atoms with Gasteiger partial charge in [-0.1, -0.05) is 30.3 Å². The molecule has 0 saturated carbocycles. The van der Waals surface area contributed by atoms with Gasteiger partial charge in [0.2, 0.25) is 10.0 Å². The molecule has 0 atom stereocenters. The molecule has 0 aliphatic heterocycles. The number of carboxylic acid groups (broad SMARTS) is 1. The molecule has 0 fully saturated rings. The second-order valence-corrected chi connectivity index (χ2v) is 7.57. The lowest BCUT2D eigenvalue weighted by atomic mass is 10.1. The number of carbonyl (C=O) groups excluding carboxylic acids is 2. The summed E-state index contributed by atoms with van der Waals surface area (Å²) in [4.78, 5) is 22.9. The lowest BCUT2D eigenvalue weighted by Crippen LogP contribution is -2.22. The first-order valence-corrected chi connectivity index (χ1v) is 8.72. The van der Waals surface area contributed by atoms with Crippen molar-refractivity contribution in [1.82, 2.24) is 4.31 Å². The quantitative estimate of drug-likeness (QED) is 0.571. The molecule has 7 heteroatoms. The fraction of sp³-hybridized carbons (Fsp3) is 0.111. The molecule has 0 aliphatic carbocycles. The van der Waals surface area contributed by atoms with Crippen LogP contribution >= 0.6 is 0 Å². The van der Waals surface area contributed by atoms with Gasteiger partial charge in [-0.25, -0.2) is 12.7 Å². The molecule has 0 N–H and O–H groups in total. The zero-order valence-electron chi connectivity index (χ0n) is 13.7. The molecule has 0 heterocycles. The Morgan fingerprint density at radius 3 is 1.92 bits per heavy atom. The van der Waals surface area contributed by atoms with Crippen LogP contribution in [0.1, 0.15) is 26.3 Å². The van der Waals surface area contributed by atoms with Crippen molar-refractivity contribution in [3.63, 3.8) is 0 Å². The maximum absolute atomic E-state index is 12.1. The van der Waals surface area contributed by atoms with Crippen LogP contribution in [0.4, 0.5) is 0 Å². The number of rotatable bonds is 6. The van der Waals surface area contributed by atoms with E-state index in [2.05, 4.69) is 0 Å². The topological polar surface area (TPSA) is 94.6 Å². The number of allylic oxidation sites excluding steroid dienone is 1. The molecule has 0 unspecified atom stereocenters. The summed E-state index contributed by atoms with van der Waals surface area (Å²) in [5, 5.41) is 10.7. The van der Waals surface area contributed by atoms with Gasteiger partial charge in [0.05, 0.1) is 10.9 Å². The van der Waals surface area contributed by atoms with Crippen LogP contribution in [0.3, 0.4) is 0 Å². The molecule has 2 aromatic carbocycles. The lowest BCUT2D eigenvalue weighted by Gasteiger charge is -2.11. The van der Waals surface area contributed by atoms with Crippen molar-refractivity contribution in [2.24, 2.45) is 0 Å². The van der Waals surface area contributed by atoms with Crippen molar-refractivity contribution in [2.75, 3.05) is 14.1 Å². The van der Waals surface area contributed by atoms with Gasteiger partial charge in [-0.3, -0.25) is 4.79 Å². The molecule has 0 radical (unpaired) electrons. The van der Waals surface area contributed by atoms with Gasteiger partial charge in [0.1, 0.15) is 0 Å². The second kappa shape index (κ2) is 7.42. The van der Waals surface area contributed by atoms with Gasteiger partial charge in [-0.2, -0.15) is 0 Å². The van der Waals surface area contributed by atoms with Crippen molar-refractivity contribution < 1.29 is 23.1 Å². The van der Waals surface area contributed by atoms with E-state index in [0.717, 1.165) is 4.31 Å². The first-order valence-electron chi connectivity index (χ1n) is 7.28. The Labute approximate surface area is 146 Å². The maximum Gasteiger partial charge on any atom is 0.242 e. The number of sulfonamides is 1. The summed E-state index contributed by atoms with van der Waals surface area (Å²) in [6, 6.07) is 11.5. The molecule has 0 saturated heterocycles. The number of aromatic carboxylic acids is 1. The van der Waals surface area contributed by atoms with Gasteiger partial charge in [0.15, 0.2) is 5.78 Å². The molecule has 2 rings (SSSR count). The van der Waals surface area contributed by atoms with Crippen LogP contribution < -0.4 is 5.11 Å². The predicted molar refractivity (Wildman–Crippen MR) is 91.5 cm³/mol. The number of benzene rings is 2. The number of hydrogen-bond donors (Lipinski definition) is 0. The third-order valence-electron chi connectivity index (χ3n) is 3.49. The molecule has 25 heavy (non-hydrogen) atoms. The van der Waals surface area contributed by atoms with Gasteiger partial charge < -0.3 is 9.90 Å². The maximum atomic E-state index is 12.1. The van der Waals surface area contributed by atoms with Crippen molar-refractivity contribution >= 4 is 27.9 Å². The van der Waals surface area contributed by atoms with Crippen LogP contribution in [-0.2, 0) is 10.0 Å². The number of carboxylic acids is 1. The Morgan fingerprint density at radius 1 is 0.920 bits per heavy atom. The Morgan fingerprint density at radius 2 is 1.44 bits per heavy atom. The van der Waals surface area contributed by atoms with Gasteiger partial charge in [0, 0.05) is 19.7 Å². The van der Waals surface area contributed by atoms with E-state index < -0.39 is 16.0 Å². The van der Waals surface area contributed by atoms with Crippen molar-refractivity contribution in [1.29, 1.82) is 0 Å². The number of hydrogen-bond acceptors (Lipinski definition) is 5. The minimum Gasteiger partial charge on any atom is -0.545 e. The van der Waals surface area contributed by atoms with E-state index in [1.165, 1.54) is 56.6 Å². The average Bonchev–Trinajstić information content (AvgIpc) is 2.60. The summed E-state index contributed by atoms with van der Waals surface area (Å²) in [7, 11) is -0.668. The number of ketones is 1. The van der Waals surface area contributed by atoms with Crippen molar-refractivity contribution in [2.45, 2.75) is 4.90 Å². The zero-order chi connectivity index (χ0) is 18.6. The van der Waals surface area contributed by atoms with Crippen LogP contribution in [-0.4, -0.2) is 38.6 Å². The Hall–Kier alpha value is -2.77. The number of carbonyl (C=O) groups is 2. The lowest BCUT2D eigenvalue weighted by molar-refractivity contribution is -0.255. The largest absolute Gasteiger partial charge is 0.545 e. The van der Waals surface area contributed by atoms with Gasteiger partial charge in [-0.05, 0) is 41.5 Å². The third-order valence-corrected chi connectivity index (χ3v) is 5.32. The van der Waals surface area contributed by atoms with Gasteiger partial charge in [0.25, 0.3) is 0 Å². The van der Waals surface area contributed by atoms with Gasteiger partial charge >= 0.3 is 0 Å². The number of nitrogens with zero attached hydrogens (tertiary/aromatic N) is 1. The minimum absolute atomic E-state index is 0.0566. The van der Waals surface area contributed by atoms with E-state index in [1.807, 2.05) is 0 Å². The molecule has 0 spiro atoms. The van der Waals surface area contributed by atoms with Crippen molar-refractivity contribution in [3.05, 3.63) is 71.3 Å². The summed E-state index contributed by atoms with van der Waals surface area (Å²) >= 11 is 0. The normalized spacial score (nSPS) is 11.8. The smallest absolute Gasteiger partial charge is 0.242 e. The molecule has 0 bridgehead atoms. The fourth-order valence-electron chi connectivity index (χ4n) is 2.00. The highest BCUT2D eigenvalue weighted by molar-refractivity contribution is 7.89. The molecule has 0 aliphatic rings. The van der Waals surface area contributed by atoms with E-state index in [1.54, 1.807) is 18.2 Å². The van der Waals surface area contributed by atoms with E-state index in [4.69, 9.17) is 0 Å².